The van der Waals surface area contributed by atoms with Gasteiger partial charge in [-0.15, -0.1) is 0 Å². The van der Waals surface area contributed by atoms with Crippen molar-refractivity contribution in [1.29, 1.82) is 0 Å². The van der Waals surface area contributed by atoms with Crippen LogP contribution in [0.2, 0.25) is 0 Å². The molecule has 0 saturated heterocycles. The number of fused-ring (bicyclic) bond motifs is 1. The number of carbonyl (C=O) groups excluding carboxylic acids is 2. The SMILES string of the molecule is O=C(CCc1ncc(-c2ccccc2)o1)NNC(=O)c1ccc(CSc2nc3ccccc3[nH]2)cc1. The lowest BCUT2D eigenvalue weighted by Crippen LogP contribution is -2.41. The van der Waals surface area contributed by atoms with Crippen LogP contribution in [0.1, 0.15) is 28.2 Å². The predicted molar refractivity (Wildman–Crippen MR) is 138 cm³/mol. The Bertz CT molecular complexity index is 1450. The first kappa shape index (κ1) is 23.4. The maximum atomic E-state index is 12.4. The molecule has 2 aromatic heterocycles. The molecule has 9 heteroatoms. The van der Waals surface area contributed by atoms with Gasteiger partial charge in [-0.2, -0.15) is 0 Å². The molecule has 3 aromatic carbocycles. The normalized spacial score (nSPS) is 10.9. The van der Waals surface area contributed by atoms with E-state index in [9.17, 15) is 9.59 Å². The summed E-state index contributed by atoms with van der Waals surface area (Å²) >= 11 is 1.59. The van der Waals surface area contributed by atoms with Crippen LogP contribution >= 0.6 is 11.8 Å². The number of H-pyrrole nitrogens is 1. The predicted octanol–water partition coefficient (Wildman–Crippen LogP) is 4.90. The molecule has 5 aromatic rings. The zero-order valence-electron chi connectivity index (χ0n) is 19.2. The van der Waals surface area contributed by atoms with Gasteiger partial charge in [0.1, 0.15) is 0 Å². The van der Waals surface area contributed by atoms with Crippen LogP contribution in [0, 0.1) is 0 Å². The molecule has 36 heavy (non-hydrogen) atoms. The number of nitrogens with one attached hydrogen (secondary N) is 3. The molecule has 0 aliphatic heterocycles. The molecule has 0 aliphatic carbocycles. The summed E-state index contributed by atoms with van der Waals surface area (Å²) in [6, 6.07) is 24.8. The van der Waals surface area contributed by atoms with E-state index < -0.39 is 0 Å². The number of rotatable bonds is 8. The summed E-state index contributed by atoms with van der Waals surface area (Å²) in [5.41, 5.74) is 9.26. The van der Waals surface area contributed by atoms with Gasteiger partial charge in [-0.25, -0.2) is 9.97 Å². The molecule has 0 saturated carbocycles. The van der Waals surface area contributed by atoms with E-state index in [-0.39, 0.29) is 18.2 Å². The Kier molecular flexibility index (Phi) is 7.09. The molecule has 180 valence electrons. The summed E-state index contributed by atoms with van der Waals surface area (Å²) in [6.45, 7) is 0. The van der Waals surface area contributed by atoms with Crippen molar-refractivity contribution in [1.82, 2.24) is 25.8 Å². The number of oxazole rings is 1. The van der Waals surface area contributed by atoms with Crippen LogP contribution in [0.15, 0.2) is 94.6 Å². The lowest BCUT2D eigenvalue weighted by atomic mass is 10.1. The van der Waals surface area contributed by atoms with E-state index in [0.717, 1.165) is 27.3 Å². The number of aromatic nitrogens is 3. The van der Waals surface area contributed by atoms with E-state index >= 15 is 0 Å². The first-order valence-electron chi connectivity index (χ1n) is 11.4. The van der Waals surface area contributed by atoms with Crippen molar-refractivity contribution in [2.24, 2.45) is 0 Å². The lowest BCUT2D eigenvalue weighted by Gasteiger charge is -2.07. The van der Waals surface area contributed by atoms with Gasteiger partial charge in [0.2, 0.25) is 5.91 Å². The Balaban J connectivity index is 1.06. The number of imidazole rings is 1. The van der Waals surface area contributed by atoms with Crippen LogP contribution < -0.4 is 10.9 Å². The minimum absolute atomic E-state index is 0.132. The number of benzene rings is 3. The number of hydrazine groups is 1. The van der Waals surface area contributed by atoms with Crippen molar-refractivity contribution in [3.05, 3.63) is 102 Å². The summed E-state index contributed by atoms with van der Waals surface area (Å²) in [5, 5.41) is 0.849. The van der Waals surface area contributed by atoms with Crippen molar-refractivity contribution in [3.63, 3.8) is 0 Å². The second-order valence-corrected chi connectivity index (χ2v) is 9.00. The molecule has 2 amide bonds. The summed E-state index contributed by atoms with van der Waals surface area (Å²) in [6.07, 6.45) is 2.10. The number of para-hydroxylation sites is 2. The van der Waals surface area contributed by atoms with Crippen LogP contribution in [-0.2, 0) is 17.0 Å². The molecule has 0 atom stereocenters. The monoisotopic (exact) mass is 497 g/mol. The highest BCUT2D eigenvalue weighted by Crippen LogP contribution is 2.23. The molecule has 0 bridgehead atoms. The Morgan fingerprint density at radius 3 is 2.50 bits per heavy atom. The third-order valence-electron chi connectivity index (χ3n) is 5.45. The Morgan fingerprint density at radius 1 is 0.917 bits per heavy atom. The highest BCUT2D eigenvalue weighted by Gasteiger charge is 2.11. The summed E-state index contributed by atoms with van der Waals surface area (Å²) in [7, 11) is 0. The quantitative estimate of drug-likeness (QED) is 0.208. The zero-order chi connectivity index (χ0) is 24.7. The number of hydrogen-bond acceptors (Lipinski definition) is 6. The second kappa shape index (κ2) is 10.9. The number of carbonyl (C=O) groups is 2. The van der Waals surface area contributed by atoms with Crippen LogP contribution in [-0.4, -0.2) is 26.8 Å². The summed E-state index contributed by atoms with van der Waals surface area (Å²) in [5.74, 6) is 1.11. The highest BCUT2D eigenvalue weighted by molar-refractivity contribution is 7.98. The van der Waals surface area contributed by atoms with Gasteiger partial charge in [-0.3, -0.25) is 20.4 Å². The van der Waals surface area contributed by atoms with Gasteiger partial charge in [0.25, 0.3) is 5.91 Å². The number of aromatic amines is 1. The maximum absolute atomic E-state index is 12.4. The van der Waals surface area contributed by atoms with E-state index in [1.54, 1.807) is 30.1 Å². The third-order valence-corrected chi connectivity index (χ3v) is 6.40. The Morgan fingerprint density at radius 2 is 1.69 bits per heavy atom. The minimum Gasteiger partial charge on any atom is -0.441 e. The number of thioether (sulfide) groups is 1. The average molecular weight is 498 g/mol. The van der Waals surface area contributed by atoms with Crippen LogP contribution in [0.3, 0.4) is 0 Å². The molecule has 8 nitrogen and oxygen atoms in total. The van der Waals surface area contributed by atoms with Gasteiger partial charge < -0.3 is 9.40 Å². The van der Waals surface area contributed by atoms with Gasteiger partial charge in [0, 0.05) is 29.7 Å². The molecule has 0 aliphatic rings. The minimum atomic E-state index is -0.387. The number of hydrogen-bond donors (Lipinski definition) is 3. The fraction of sp³-hybridized carbons (Fsp3) is 0.111. The van der Waals surface area contributed by atoms with E-state index in [1.807, 2.05) is 66.7 Å². The molecule has 5 rings (SSSR count). The van der Waals surface area contributed by atoms with Crippen molar-refractivity contribution < 1.29 is 14.0 Å². The van der Waals surface area contributed by atoms with Gasteiger partial charge >= 0.3 is 0 Å². The summed E-state index contributed by atoms with van der Waals surface area (Å²) < 4.78 is 5.70. The fourth-order valence-electron chi connectivity index (χ4n) is 3.55. The summed E-state index contributed by atoms with van der Waals surface area (Å²) in [4.78, 5) is 36.6. The maximum Gasteiger partial charge on any atom is 0.269 e. The average Bonchev–Trinajstić information content (AvgIpc) is 3.57. The topological polar surface area (TPSA) is 113 Å². The Labute approximate surface area is 211 Å². The number of aryl methyl sites for hydroxylation is 1. The van der Waals surface area contributed by atoms with Gasteiger partial charge in [-0.05, 0) is 29.8 Å². The molecule has 0 fully saturated rings. The van der Waals surface area contributed by atoms with E-state index in [4.69, 9.17) is 4.42 Å². The second-order valence-electron chi connectivity index (χ2n) is 8.03. The zero-order valence-corrected chi connectivity index (χ0v) is 20.0. The largest absolute Gasteiger partial charge is 0.441 e. The lowest BCUT2D eigenvalue weighted by molar-refractivity contribution is -0.121. The van der Waals surface area contributed by atoms with Crippen LogP contribution in [0.5, 0.6) is 0 Å². The third kappa shape index (κ3) is 5.81. The number of nitrogens with zero attached hydrogens (tertiary/aromatic N) is 2. The van der Waals surface area contributed by atoms with Crippen molar-refractivity contribution >= 4 is 34.6 Å². The Hall–Kier alpha value is -4.37. The fourth-order valence-corrected chi connectivity index (χ4v) is 4.39. The molecular weight excluding hydrogens is 474 g/mol. The molecule has 0 radical (unpaired) electrons. The van der Waals surface area contributed by atoms with Gasteiger partial charge in [0.15, 0.2) is 16.8 Å². The van der Waals surface area contributed by atoms with Crippen molar-refractivity contribution in [2.75, 3.05) is 0 Å². The highest BCUT2D eigenvalue weighted by atomic mass is 32.2. The van der Waals surface area contributed by atoms with Gasteiger partial charge in [-0.1, -0.05) is 66.4 Å². The van der Waals surface area contributed by atoms with E-state index in [1.165, 1.54) is 0 Å². The first-order valence-corrected chi connectivity index (χ1v) is 12.4. The molecule has 3 N–H and O–H groups in total. The number of amides is 2. The van der Waals surface area contributed by atoms with Crippen molar-refractivity contribution in [3.8, 4) is 11.3 Å². The first-order chi connectivity index (χ1) is 17.6. The van der Waals surface area contributed by atoms with Crippen molar-refractivity contribution in [2.45, 2.75) is 23.8 Å². The smallest absolute Gasteiger partial charge is 0.269 e. The standard InChI is InChI=1S/C27H23N5O3S/c33-24(14-15-25-28-16-23(35-25)19-6-2-1-3-7-19)31-32-26(34)20-12-10-18(11-13-20)17-36-27-29-21-8-4-5-9-22(21)30-27/h1-13,16H,14-15,17H2,(H,29,30)(H,31,33)(H,32,34). The van der Waals surface area contributed by atoms with Crippen LogP contribution in [0.25, 0.3) is 22.4 Å². The van der Waals surface area contributed by atoms with E-state index in [0.29, 0.717) is 29.4 Å². The molecular formula is C27H23N5O3S. The van der Waals surface area contributed by atoms with Gasteiger partial charge in [0.05, 0.1) is 17.2 Å². The molecule has 0 spiro atoms. The molecule has 2 heterocycles. The van der Waals surface area contributed by atoms with E-state index in [2.05, 4.69) is 25.8 Å². The van der Waals surface area contributed by atoms with Crippen LogP contribution in [0.4, 0.5) is 0 Å². The molecule has 0 unspecified atom stereocenters.